The second-order valence-electron chi connectivity index (χ2n) is 8.33. The quantitative estimate of drug-likeness (QED) is 0.493. The van der Waals surface area contributed by atoms with Gasteiger partial charge < -0.3 is 14.6 Å². The number of rotatable bonds is 9. The zero-order valence-corrected chi connectivity index (χ0v) is 17.7. The van der Waals surface area contributed by atoms with Gasteiger partial charge in [-0.25, -0.2) is 0 Å². The van der Waals surface area contributed by atoms with Crippen molar-refractivity contribution < 1.29 is 14.6 Å². The molecular weight excluding hydrogens is 328 g/mol. The Kier molecular flexibility index (Phi) is 8.55. The van der Waals surface area contributed by atoms with Crippen molar-refractivity contribution in [1.29, 1.82) is 0 Å². The van der Waals surface area contributed by atoms with E-state index in [1.54, 1.807) is 0 Å². The third-order valence-electron chi connectivity index (χ3n) is 5.27. The van der Waals surface area contributed by atoms with Gasteiger partial charge in [-0.3, -0.25) is 0 Å². The summed E-state index contributed by atoms with van der Waals surface area (Å²) in [6.45, 7) is 13.5. The van der Waals surface area contributed by atoms with E-state index in [9.17, 15) is 10.2 Å². The number of hydrogen-bond donors (Lipinski definition) is 2. The molecule has 0 saturated carbocycles. The Morgan fingerprint density at radius 2 is 1.76 bits per heavy atom. The van der Waals surface area contributed by atoms with Gasteiger partial charge in [0.2, 0.25) is 0 Å². The van der Waals surface area contributed by atoms with Crippen molar-refractivity contribution in [2.45, 2.75) is 77.3 Å². The number of benzene rings is 1. The summed E-state index contributed by atoms with van der Waals surface area (Å²) in [6, 6.07) is 10.1. The molecular formula is C21H36O3Si. The molecule has 0 spiro atoms. The third kappa shape index (κ3) is 7.44. The zero-order valence-electron chi connectivity index (χ0n) is 16.7. The van der Waals surface area contributed by atoms with E-state index in [1.165, 1.54) is 5.56 Å². The molecule has 0 bridgehead atoms. The fourth-order valence-electron chi connectivity index (χ4n) is 2.44. The summed E-state index contributed by atoms with van der Waals surface area (Å²) in [5, 5.41) is 20.9. The maximum Gasteiger partial charge on any atom is 0.191 e. The molecule has 0 radical (unpaired) electrons. The first-order valence-corrected chi connectivity index (χ1v) is 12.2. The van der Waals surface area contributed by atoms with Crippen molar-refractivity contribution in [1.82, 2.24) is 0 Å². The summed E-state index contributed by atoms with van der Waals surface area (Å²) in [5.74, 6) is 0. The zero-order chi connectivity index (χ0) is 19.1. The Balaban J connectivity index is 2.46. The molecule has 0 aliphatic rings. The summed E-state index contributed by atoms with van der Waals surface area (Å²) >= 11 is 0. The highest BCUT2D eigenvalue weighted by Crippen LogP contribution is 2.36. The van der Waals surface area contributed by atoms with Crippen molar-refractivity contribution in [3.05, 3.63) is 47.5 Å². The molecule has 3 nitrogen and oxygen atoms in total. The topological polar surface area (TPSA) is 49.7 Å². The van der Waals surface area contributed by atoms with Crippen LogP contribution in [0.25, 0.3) is 0 Å². The molecule has 0 heterocycles. The first-order valence-electron chi connectivity index (χ1n) is 9.26. The summed E-state index contributed by atoms with van der Waals surface area (Å²) < 4.78 is 6.11. The van der Waals surface area contributed by atoms with E-state index in [0.717, 1.165) is 5.57 Å². The van der Waals surface area contributed by atoms with Crippen LogP contribution < -0.4 is 0 Å². The largest absolute Gasteiger partial charge is 0.417 e. The molecule has 2 N–H and O–H groups in total. The van der Waals surface area contributed by atoms with E-state index in [4.69, 9.17) is 4.43 Å². The van der Waals surface area contributed by atoms with Gasteiger partial charge >= 0.3 is 0 Å². The van der Waals surface area contributed by atoms with Crippen LogP contribution in [0.1, 0.15) is 46.1 Å². The van der Waals surface area contributed by atoms with Crippen LogP contribution in [0, 0.1) is 0 Å². The Bertz CT molecular complexity index is 532. The normalized spacial score (nSPS) is 15.9. The van der Waals surface area contributed by atoms with Gasteiger partial charge in [0.25, 0.3) is 0 Å². The maximum absolute atomic E-state index is 10.5. The highest BCUT2D eigenvalue weighted by molar-refractivity contribution is 6.74. The summed E-state index contributed by atoms with van der Waals surface area (Å²) in [5.41, 5.74) is 2.13. The predicted molar refractivity (Wildman–Crippen MR) is 108 cm³/mol. The molecule has 2 unspecified atom stereocenters. The molecule has 1 aromatic carbocycles. The summed E-state index contributed by atoms with van der Waals surface area (Å²) in [4.78, 5) is 0. The molecule has 2 atom stereocenters. The Hall–Kier alpha value is -0.943. The fraction of sp³-hybridized carbons (Fsp3) is 0.619. The van der Waals surface area contributed by atoms with Crippen LogP contribution in [0.4, 0.5) is 0 Å². The molecule has 142 valence electrons. The lowest BCUT2D eigenvalue weighted by molar-refractivity contribution is 0.0787. The van der Waals surface area contributed by atoms with Gasteiger partial charge in [0.1, 0.15) is 0 Å². The molecule has 0 aromatic heterocycles. The van der Waals surface area contributed by atoms with Crippen molar-refractivity contribution >= 4 is 8.32 Å². The highest BCUT2D eigenvalue weighted by atomic mass is 28.4. The maximum atomic E-state index is 10.5. The van der Waals surface area contributed by atoms with Gasteiger partial charge in [-0.05, 0) is 49.0 Å². The lowest BCUT2D eigenvalue weighted by Gasteiger charge is -2.36. The molecule has 25 heavy (non-hydrogen) atoms. The number of allylic oxidation sites excluding steroid dienone is 1. The van der Waals surface area contributed by atoms with Crippen LogP contribution in [0.3, 0.4) is 0 Å². The summed E-state index contributed by atoms with van der Waals surface area (Å²) in [6.07, 6.45) is 2.42. The van der Waals surface area contributed by atoms with Crippen LogP contribution >= 0.6 is 0 Å². The first-order chi connectivity index (χ1) is 11.6. The van der Waals surface area contributed by atoms with E-state index in [-0.39, 0.29) is 5.04 Å². The number of aliphatic hydroxyl groups is 2. The van der Waals surface area contributed by atoms with Crippen LogP contribution in [0.5, 0.6) is 0 Å². The van der Waals surface area contributed by atoms with E-state index in [0.29, 0.717) is 25.9 Å². The highest BCUT2D eigenvalue weighted by Gasteiger charge is 2.37. The van der Waals surface area contributed by atoms with Gasteiger partial charge in [-0.15, -0.1) is 0 Å². The lowest BCUT2D eigenvalue weighted by atomic mass is 9.96. The first kappa shape index (κ1) is 22.1. The molecule has 4 heteroatoms. The average molecular weight is 365 g/mol. The minimum absolute atomic E-state index is 0.172. The van der Waals surface area contributed by atoms with Crippen LogP contribution in [0.2, 0.25) is 18.1 Å². The van der Waals surface area contributed by atoms with Crippen molar-refractivity contribution in [3.63, 3.8) is 0 Å². The predicted octanol–water partition coefficient (Wildman–Crippen LogP) is 4.70. The van der Waals surface area contributed by atoms with Crippen LogP contribution in [-0.2, 0) is 10.8 Å². The van der Waals surface area contributed by atoms with E-state index in [2.05, 4.69) is 46.0 Å². The molecule has 0 saturated heterocycles. The third-order valence-corrected chi connectivity index (χ3v) is 9.80. The van der Waals surface area contributed by atoms with E-state index >= 15 is 0 Å². The van der Waals surface area contributed by atoms with Gasteiger partial charge in [0, 0.05) is 13.0 Å². The van der Waals surface area contributed by atoms with E-state index < -0.39 is 20.5 Å². The van der Waals surface area contributed by atoms with Crippen LogP contribution in [0.15, 0.2) is 42.0 Å². The number of aliphatic hydroxyl groups excluding tert-OH is 2. The SMILES string of the molecule is C/C=C(\Cc1ccccc1)C(O)CC(O)CCO[Si](C)(C)C(C)(C)C. The Morgan fingerprint density at radius 1 is 1.16 bits per heavy atom. The van der Waals surface area contributed by atoms with Gasteiger partial charge in [0.05, 0.1) is 12.2 Å². The molecule has 0 aliphatic heterocycles. The Labute approximate surface area is 154 Å². The lowest BCUT2D eigenvalue weighted by Crippen LogP contribution is -2.41. The van der Waals surface area contributed by atoms with Crippen molar-refractivity contribution in [2.24, 2.45) is 0 Å². The summed E-state index contributed by atoms with van der Waals surface area (Å²) in [7, 11) is -1.78. The minimum Gasteiger partial charge on any atom is -0.417 e. The van der Waals surface area contributed by atoms with Gasteiger partial charge in [0.15, 0.2) is 8.32 Å². The molecule has 1 aromatic rings. The second-order valence-corrected chi connectivity index (χ2v) is 13.1. The van der Waals surface area contributed by atoms with Crippen LogP contribution in [-0.4, -0.2) is 37.3 Å². The molecule has 0 amide bonds. The monoisotopic (exact) mass is 364 g/mol. The van der Waals surface area contributed by atoms with E-state index in [1.807, 2.05) is 31.2 Å². The fourth-order valence-corrected chi connectivity index (χ4v) is 3.50. The smallest absolute Gasteiger partial charge is 0.191 e. The Morgan fingerprint density at radius 3 is 2.28 bits per heavy atom. The molecule has 0 aliphatic carbocycles. The van der Waals surface area contributed by atoms with Crippen molar-refractivity contribution in [3.8, 4) is 0 Å². The van der Waals surface area contributed by atoms with Gasteiger partial charge in [-0.2, -0.15) is 0 Å². The average Bonchev–Trinajstić information content (AvgIpc) is 2.52. The van der Waals surface area contributed by atoms with Gasteiger partial charge in [-0.1, -0.05) is 57.2 Å². The van der Waals surface area contributed by atoms with Crippen molar-refractivity contribution in [2.75, 3.05) is 6.61 Å². The minimum atomic E-state index is -1.78. The standard InChI is InChI=1S/C21H36O3Si/c1-7-18(15-17-11-9-8-10-12-17)20(23)16-19(22)13-14-24-25(5,6)21(2,3)4/h7-12,19-20,22-23H,13-16H2,1-6H3/b18-7+. The molecule has 1 rings (SSSR count). The number of hydrogen-bond acceptors (Lipinski definition) is 3. The molecule has 0 fully saturated rings. The second kappa shape index (κ2) is 9.67.